The lowest BCUT2D eigenvalue weighted by atomic mass is 10.0. The molecule has 0 bridgehead atoms. The zero-order valence-corrected chi connectivity index (χ0v) is 11.6. The molecule has 2 nitrogen and oxygen atoms in total. The minimum absolute atomic E-state index is 0.529. The van der Waals surface area contributed by atoms with Crippen LogP contribution in [-0.2, 0) is 0 Å². The van der Waals surface area contributed by atoms with Crippen molar-refractivity contribution < 1.29 is 10.2 Å². The number of hydrogen-bond donors (Lipinski definition) is 2. The number of hydrogen-bond acceptors (Lipinski definition) is 2. The van der Waals surface area contributed by atoms with Crippen molar-refractivity contribution in [2.24, 2.45) is 0 Å². The van der Waals surface area contributed by atoms with Crippen LogP contribution in [0.15, 0.2) is 22.7 Å². The van der Waals surface area contributed by atoms with Crippen LogP contribution < -0.4 is 0 Å². The smallest absolute Gasteiger partial charge is 0.106 e. The largest absolute Gasteiger partial charge is 0.390 e. The highest BCUT2D eigenvalue weighted by atomic mass is 79.9. The molecule has 2 N–H and O–H groups in total. The Labute approximate surface area is 107 Å². The van der Waals surface area contributed by atoms with Gasteiger partial charge in [0.2, 0.25) is 0 Å². The van der Waals surface area contributed by atoms with E-state index in [-0.39, 0.29) is 0 Å². The van der Waals surface area contributed by atoms with E-state index >= 15 is 0 Å². The SMILES string of the molecule is Cc1ccc(C(O)C(O)CCBr)c(Br)c1. The van der Waals surface area contributed by atoms with Gasteiger partial charge in [0, 0.05) is 9.80 Å². The van der Waals surface area contributed by atoms with Crippen molar-refractivity contribution in [3.05, 3.63) is 33.8 Å². The van der Waals surface area contributed by atoms with E-state index in [4.69, 9.17) is 0 Å². The molecule has 0 aromatic heterocycles. The van der Waals surface area contributed by atoms with Crippen molar-refractivity contribution in [2.45, 2.75) is 25.6 Å². The third-order valence-electron chi connectivity index (χ3n) is 2.24. The van der Waals surface area contributed by atoms with Gasteiger partial charge in [-0.25, -0.2) is 0 Å². The summed E-state index contributed by atoms with van der Waals surface area (Å²) in [5.41, 5.74) is 1.85. The standard InChI is InChI=1S/C11H14Br2O2/c1-7-2-3-8(9(13)6-7)11(15)10(14)4-5-12/h2-3,6,10-11,14-15H,4-5H2,1H3. The third kappa shape index (κ3) is 3.55. The van der Waals surface area contributed by atoms with Crippen LogP contribution in [0.5, 0.6) is 0 Å². The zero-order valence-electron chi connectivity index (χ0n) is 8.45. The molecule has 15 heavy (non-hydrogen) atoms. The van der Waals surface area contributed by atoms with Crippen LogP contribution in [-0.4, -0.2) is 21.6 Å². The number of alkyl halides is 1. The first-order valence-electron chi connectivity index (χ1n) is 4.74. The first kappa shape index (κ1) is 13.2. The quantitative estimate of drug-likeness (QED) is 0.829. The highest BCUT2D eigenvalue weighted by Crippen LogP contribution is 2.27. The van der Waals surface area contributed by atoms with E-state index in [1.165, 1.54) is 0 Å². The number of rotatable bonds is 4. The minimum atomic E-state index is -0.836. The van der Waals surface area contributed by atoms with Crippen LogP contribution >= 0.6 is 31.9 Å². The Kier molecular flexibility index (Phi) is 5.26. The summed E-state index contributed by atoms with van der Waals surface area (Å²) in [6, 6.07) is 5.69. The van der Waals surface area contributed by atoms with Crippen molar-refractivity contribution in [3.8, 4) is 0 Å². The average Bonchev–Trinajstić information content (AvgIpc) is 2.17. The molecule has 0 aliphatic rings. The van der Waals surface area contributed by atoms with Crippen LogP contribution in [0.4, 0.5) is 0 Å². The van der Waals surface area contributed by atoms with Crippen LogP contribution in [0, 0.1) is 6.92 Å². The lowest BCUT2D eigenvalue weighted by Gasteiger charge is -2.18. The first-order valence-corrected chi connectivity index (χ1v) is 6.66. The van der Waals surface area contributed by atoms with Gasteiger partial charge in [-0.3, -0.25) is 0 Å². The average molecular weight is 338 g/mol. The van der Waals surface area contributed by atoms with E-state index in [1.807, 2.05) is 25.1 Å². The van der Waals surface area contributed by atoms with Crippen molar-refractivity contribution in [1.29, 1.82) is 0 Å². The fourth-order valence-electron chi connectivity index (χ4n) is 1.35. The number of aliphatic hydroxyl groups is 2. The Morgan fingerprint density at radius 3 is 2.53 bits per heavy atom. The number of aliphatic hydroxyl groups excluding tert-OH is 2. The van der Waals surface area contributed by atoms with Gasteiger partial charge in [-0.2, -0.15) is 0 Å². The molecular weight excluding hydrogens is 324 g/mol. The topological polar surface area (TPSA) is 40.5 Å². The van der Waals surface area contributed by atoms with Crippen molar-refractivity contribution in [3.63, 3.8) is 0 Å². The lowest BCUT2D eigenvalue weighted by molar-refractivity contribution is 0.0169. The molecule has 0 fully saturated rings. The second kappa shape index (κ2) is 5.99. The van der Waals surface area contributed by atoms with Crippen molar-refractivity contribution >= 4 is 31.9 Å². The molecule has 1 aromatic carbocycles. The lowest BCUT2D eigenvalue weighted by Crippen LogP contribution is -2.19. The molecule has 84 valence electrons. The minimum Gasteiger partial charge on any atom is -0.390 e. The van der Waals surface area contributed by atoms with Gasteiger partial charge >= 0.3 is 0 Å². The molecule has 0 spiro atoms. The van der Waals surface area contributed by atoms with E-state index in [2.05, 4.69) is 31.9 Å². The van der Waals surface area contributed by atoms with Gasteiger partial charge in [0.25, 0.3) is 0 Å². The Morgan fingerprint density at radius 1 is 1.33 bits per heavy atom. The summed E-state index contributed by atoms with van der Waals surface area (Å²) in [6.07, 6.45) is -1.04. The van der Waals surface area contributed by atoms with Crippen LogP contribution in [0.3, 0.4) is 0 Å². The molecule has 1 aromatic rings. The third-order valence-corrected chi connectivity index (χ3v) is 3.39. The second-order valence-corrected chi connectivity index (χ2v) is 5.16. The molecule has 1 rings (SSSR count). The predicted octanol–water partition coefficient (Wildman–Crippen LogP) is 2.94. The maximum absolute atomic E-state index is 9.89. The summed E-state index contributed by atoms with van der Waals surface area (Å²) in [5, 5.41) is 20.2. The Hall–Kier alpha value is 0.1000. The van der Waals surface area contributed by atoms with Crippen LogP contribution in [0.25, 0.3) is 0 Å². The van der Waals surface area contributed by atoms with Gasteiger partial charge in [-0.05, 0) is 30.5 Å². The summed E-state index contributed by atoms with van der Waals surface area (Å²) >= 11 is 6.62. The van der Waals surface area contributed by atoms with E-state index in [0.717, 1.165) is 15.6 Å². The highest BCUT2D eigenvalue weighted by Gasteiger charge is 2.19. The van der Waals surface area contributed by atoms with Gasteiger partial charge in [-0.15, -0.1) is 0 Å². The monoisotopic (exact) mass is 336 g/mol. The molecule has 2 unspecified atom stereocenters. The van der Waals surface area contributed by atoms with Crippen molar-refractivity contribution in [1.82, 2.24) is 0 Å². The van der Waals surface area contributed by atoms with Gasteiger partial charge < -0.3 is 10.2 Å². The summed E-state index contributed by atoms with van der Waals surface area (Å²) in [4.78, 5) is 0. The molecule has 4 heteroatoms. The molecular formula is C11H14Br2O2. The molecule has 0 saturated carbocycles. The van der Waals surface area contributed by atoms with E-state index in [1.54, 1.807) is 0 Å². The summed E-state index contributed by atoms with van der Waals surface area (Å²) < 4.78 is 0.837. The van der Waals surface area contributed by atoms with Gasteiger partial charge in [0.1, 0.15) is 6.10 Å². The van der Waals surface area contributed by atoms with Gasteiger partial charge in [-0.1, -0.05) is 44.0 Å². The van der Waals surface area contributed by atoms with E-state index in [9.17, 15) is 10.2 Å². The normalized spacial score (nSPS) is 15.0. The predicted molar refractivity (Wildman–Crippen MR) is 68.3 cm³/mol. The fourth-order valence-corrected chi connectivity index (χ4v) is 2.55. The maximum Gasteiger partial charge on any atom is 0.106 e. The molecule has 0 saturated heterocycles. The Balaban J connectivity index is 2.86. The molecule has 0 aliphatic heterocycles. The molecule has 0 heterocycles. The van der Waals surface area contributed by atoms with E-state index < -0.39 is 12.2 Å². The van der Waals surface area contributed by atoms with Gasteiger partial charge in [0.05, 0.1) is 6.10 Å². The molecule has 0 amide bonds. The summed E-state index contributed by atoms with van der Waals surface area (Å²) in [5.74, 6) is 0. The van der Waals surface area contributed by atoms with Crippen LogP contribution in [0.1, 0.15) is 23.7 Å². The second-order valence-electron chi connectivity index (χ2n) is 3.51. The first-order chi connectivity index (χ1) is 7.06. The number of aryl methyl sites for hydroxylation is 1. The number of benzene rings is 1. The van der Waals surface area contributed by atoms with E-state index in [0.29, 0.717) is 11.8 Å². The van der Waals surface area contributed by atoms with Crippen LogP contribution in [0.2, 0.25) is 0 Å². The maximum atomic E-state index is 9.89. The highest BCUT2D eigenvalue weighted by molar-refractivity contribution is 9.10. The molecule has 2 atom stereocenters. The van der Waals surface area contributed by atoms with Gasteiger partial charge in [0.15, 0.2) is 0 Å². The molecule has 0 radical (unpaired) electrons. The summed E-state index contributed by atoms with van der Waals surface area (Å²) in [6.45, 7) is 1.98. The summed E-state index contributed by atoms with van der Waals surface area (Å²) in [7, 11) is 0. The fraction of sp³-hybridized carbons (Fsp3) is 0.455. The Bertz CT molecular complexity index is 328. The Morgan fingerprint density at radius 2 is 2.00 bits per heavy atom. The number of halogens is 2. The molecule has 0 aliphatic carbocycles. The van der Waals surface area contributed by atoms with Crippen molar-refractivity contribution in [2.75, 3.05) is 5.33 Å². The zero-order chi connectivity index (χ0) is 11.4.